The number of anilines is 1. The van der Waals surface area contributed by atoms with Crippen LogP contribution in [0.25, 0.3) is 10.8 Å². The van der Waals surface area contributed by atoms with Crippen LogP contribution < -0.4 is 10.5 Å². The van der Waals surface area contributed by atoms with Crippen LogP contribution in [0, 0.1) is 0 Å². The van der Waals surface area contributed by atoms with Gasteiger partial charge in [0.25, 0.3) is 0 Å². The van der Waals surface area contributed by atoms with Crippen molar-refractivity contribution in [2.45, 2.75) is 12.8 Å². The van der Waals surface area contributed by atoms with Crippen LogP contribution in [0.1, 0.15) is 24.1 Å². The number of nitrogens with zero attached hydrogens (tertiary/aromatic N) is 1. The lowest BCUT2D eigenvalue weighted by Crippen LogP contribution is -1.96. The number of rotatable bonds is 3. The summed E-state index contributed by atoms with van der Waals surface area (Å²) in [4.78, 5) is 0. The Morgan fingerprint density at radius 2 is 1.85 bits per heavy atom. The zero-order valence-electron chi connectivity index (χ0n) is 11.5. The smallest absolute Gasteiger partial charge is 0.222 e. The quantitative estimate of drug-likeness (QED) is 0.788. The summed E-state index contributed by atoms with van der Waals surface area (Å²) in [7, 11) is 1.67. The predicted octanol–water partition coefficient (Wildman–Crippen LogP) is 3.57. The third-order valence-corrected chi connectivity index (χ3v) is 3.56. The fraction of sp³-hybridized carbons (Fsp3) is 0.188. The maximum atomic E-state index is 5.57. The van der Waals surface area contributed by atoms with Crippen LogP contribution in [0.3, 0.4) is 0 Å². The summed E-state index contributed by atoms with van der Waals surface area (Å²) < 4.78 is 10.2. The van der Waals surface area contributed by atoms with Crippen molar-refractivity contribution in [3.63, 3.8) is 0 Å². The van der Waals surface area contributed by atoms with Gasteiger partial charge in [0.15, 0.2) is 0 Å². The molecule has 0 bridgehead atoms. The third kappa shape index (κ3) is 2.20. The van der Waals surface area contributed by atoms with E-state index < -0.39 is 0 Å². The fourth-order valence-electron chi connectivity index (χ4n) is 2.32. The molecule has 0 radical (unpaired) electrons. The molecule has 20 heavy (non-hydrogen) atoms. The van der Waals surface area contributed by atoms with E-state index in [2.05, 4.69) is 36.3 Å². The van der Waals surface area contributed by atoms with Gasteiger partial charge in [0, 0.05) is 12.0 Å². The highest BCUT2D eigenvalue weighted by Crippen LogP contribution is 2.28. The van der Waals surface area contributed by atoms with E-state index >= 15 is 0 Å². The van der Waals surface area contributed by atoms with Crippen LogP contribution in [0.15, 0.2) is 47.0 Å². The number of benzene rings is 2. The maximum Gasteiger partial charge on any atom is 0.222 e. The topological polar surface area (TPSA) is 61.3 Å². The van der Waals surface area contributed by atoms with Gasteiger partial charge in [0.05, 0.1) is 12.8 Å². The van der Waals surface area contributed by atoms with Gasteiger partial charge in [-0.1, -0.05) is 36.3 Å². The summed E-state index contributed by atoms with van der Waals surface area (Å²) in [6.45, 7) is 2.09. The molecule has 1 aromatic heterocycles. The molecule has 0 spiro atoms. The molecule has 0 unspecified atom stereocenters. The minimum Gasteiger partial charge on any atom is -0.497 e. The molecular weight excluding hydrogens is 252 g/mol. The van der Waals surface area contributed by atoms with Crippen molar-refractivity contribution in [2.75, 3.05) is 12.8 Å². The first kappa shape index (κ1) is 12.5. The Hall–Kier alpha value is -2.49. The summed E-state index contributed by atoms with van der Waals surface area (Å²) in [5, 5.41) is 6.31. The molecule has 0 aliphatic heterocycles. The van der Waals surface area contributed by atoms with Crippen molar-refractivity contribution in [2.24, 2.45) is 0 Å². The molecule has 0 saturated heterocycles. The van der Waals surface area contributed by atoms with E-state index in [0.717, 1.165) is 16.8 Å². The highest BCUT2D eigenvalue weighted by atomic mass is 16.5. The Kier molecular flexibility index (Phi) is 3.06. The van der Waals surface area contributed by atoms with Gasteiger partial charge in [0.1, 0.15) is 5.75 Å². The minimum absolute atomic E-state index is 0.141. The predicted molar refractivity (Wildman–Crippen MR) is 78.9 cm³/mol. The van der Waals surface area contributed by atoms with Gasteiger partial charge in [0.2, 0.25) is 5.88 Å². The second-order valence-electron chi connectivity index (χ2n) is 4.85. The summed E-state index contributed by atoms with van der Waals surface area (Å²) in [6.07, 6.45) is 0. The molecule has 0 aliphatic carbocycles. The van der Waals surface area contributed by atoms with E-state index in [1.54, 1.807) is 13.2 Å². The van der Waals surface area contributed by atoms with E-state index in [1.807, 2.05) is 12.1 Å². The molecule has 2 aromatic carbocycles. The Bertz CT molecular complexity index is 749. The fourth-order valence-corrected chi connectivity index (χ4v) is 2.32. The van der Waals surface area contributed by atoms with Gasteiger partial charge in [-0.2, -0.15) is 0 Å². The van der Waals surface area contributed by atoms with Crippen LogP contribution in [-0.4, -0.2) is 12.3 Å². The highest BCUT2D eigenvalue weighted by Gasteiger charge is 2.13. The lowest BCUT2D eigenvalue weighted by molar-refractivity contribution is 0.415. The number of ether oxygens (including phenoxy) is 1. The number of aromatic nitrogens is 1. The van der Waals surface area contributed by atoms with E-state index in [1.165, 1.54) is 10.9 Å². The lowest BCUT2D eigenvalue weighted by Gasteiger charge is -2.10. The van der Waals surface area contributed by atoms with Crippen molar-refractivity contribution >= 4 is 16.7 Å². The van der Waals surface area contributed by atoms with Gasteiger partial charge in [-0.05, 0) is 28.5 Å². The molecule has 0 fully saturated rings. The standard InChI is InChI=1S/C16H16N2O2/c1-10(15-9-16(17)20-18-15)11-3-4-13-8-14(19-2)6-5-12(13)7-11/h3-10H,17H2,1-2H3/t10-/m0/s1. The zero-order valence-corrected chi connectivity index (χ0v) is 11.5. The van der Waals surface area contributed by atoms with E-state index in [4.69, 9.17) is 15.0 Å². The monoisotopic (exact) mass is 268 g/mol. The average Bonchev–Trinajstić information content (AvgIpc) is 2.92. The molecule has 4 nitrogen and oxygen atoms in total. The molecule has 1 heterocycles. The van der Waals surface area contributed by atoms with Gasteiger partial charge in [-0.3, -0.25) is 0 Å². The molecule has 3 aromatic rings. The van der Waals surface area contributed by atoms with Crippen molar-refractivity contribution < 1.29 is 9.26 Å². The zero-order chi connectivity index (χ0) is 14.1. The molecule has 1 atom stereocenters. The number of nitrogens with two attached hydrogens (primary N) is 1. The Labute approximate surface area is 117 Å². The molecule has 3 rings (SSSR count). The summed E-state index contributed by atoms with van der Waals surface area (Å²) in [6, 6.07) is 14.2. The van der Waals surface area contributed by atoms with Gasteiger partial charge in [-0.15, -0.1) is 0 Å². The number of hydrogen-bond acceptors (Lipinski definition) is 4. The van der Waals surface area contributed by atoms with Crippen LogP contribution >= 0.6 is 0 Å². The first-order chi connectivity index (χ1) is 9.67. The second kappa shape index (κ2) is 4.89. The lowest BCUT2D eigenvalue weighted by atomic mass is 9.95. The van der Waals surface area contributed by atoms with Crippen LogP contribution in [0.5, 0.6) is 5.75 Å². The molecule has 0 amide bonds. The molecule has 0 saturated carbocycles. The van der Waals surface area contributed by atoms with E-state index in [-0.39, 0.29) is 5.92 Å². The summed E-state index contributed by atoms with van der Waals surface area (Å²) >= 11 is 0. The van der Waals surface area contributed by atoms with Crippen molar-refractivity contribution in [3.8, 4) is 5.75 Å². The van der Waals surface area contributed by atoms with E-state index in [9.17, 15) is 0 Å². The normalized spacial score (nSPS) is 12.5. The van der Waals surface area contributed by atoms with Crippen molar-refractivity contribution in [1.29, 1.82) is 0 Å². The third-order valence-electron chi connectivity index (χ3n) is 3.56. The average molecular weight is 268 g/mol. The van der Waals surface area contributed by atoms with Crippen LogP contribution in [0.4, 0.5) is 5.88 Å². The molecular formula is C16H16N2O2. The van der Waals surface area contributed by atoms with Crippen molar-refractivity contribution in [3.05, 3.63) is 53.7 Å². The first-order valence-corrected chi connectivity index (χ1v) is 6.47. The van der Waals surface area contributed by atoms with Crippen molar-refractivity contribution in [1.82, 2.24) is 5.16 Å². The molecule has 2 N–H and O–H groups in total. The van der Waals surface area contributed by atoms with E-state index in [0.29, 0.717) is 5.88 Å². The largest absolute Gasteiger partial charge is 0.497 e. The second-order valence-corrected chi connectivity index (χ2v) is 4.85. The maximum absolute atomic E-state index is 5.57. The van der Waals surface area contributed by atoms with Crippen LogP contribution in [-0.2, 0) is 0 Å². The summed E-state index contributed by atoms with van der Waals surface area (Å²) in [5.41, 5.74) is 7.59. The molecule has 102 valence electrons. The number of fused-ring (bicyclic) bond motifs is 1. The summed E-state index contributed by atoms with van der Waals surface area (Å²) in [5.74, 6) is 1.35. The minimum atomic E-state index is 0.141. The Balaban J connectivity index is 2.00. The Morgan fingerprint density at radius 1 is 1.10 bits per heavy atom. The number of nitrogen functional groups attached to an aromatic ring is 1. The van der Waals surface area contributed by atoms with Gasteiger partial charge < -0.3 is 15.0 Å². The first-order valence-electron chi connectivity index (χ1n) is 6.47. The SMILES string of the molecule is COc1ccc2cc([C@H](C)c3cc(N)on3)ccc2c1. The number of methoxy groups -OCH3 is 1. The van der Waals surface area contributed by atoms with Crippen LogP contribution in [0.2, 0.25) is 0 Å². The molecule has 0 aliphatic rings. The Morgan fingerprint density at radius 3 is 2.55 bits per heavy atom. The number of hydrogen-bond donors (Lipinski definition) is 1. The van der Waals surface area contributed by atoms with Gasteiger partial charge in [-0.25, -0.2) is 0 Å². The molecule has 4 heteroatoms. The van der Waals surface area contributed by atoms with Gasteiger partial charge >= 0.3 is 0 Å². The highest BCUT2D eigenvalue weighted by molar-refractivity contribution is 5.84.